The molecule has 0 saturated heterocycles. The number of aromatic hydroxyl groups is 1. The zero-order chi connectivity index (χ0) is 13.9. The van der Waals surface area contributed by atoms with Gasteiger partial charge in [-0.05, 0) is 30.3 Å². The van der Waals surface area contributed by atoms with Crippen molar-refractivity contribution in [2.75, 3.05) is 0 Å². The van der Waals surface area contributed by atoms with Gasteiger partial charge in [-0.25, -0.2) is 0 Å². The minimum absolute atomic E-state index is 0.0322. The zero-order valence-electron chi connectivity index (χ0n) is 9.69. The third-order valence-corrected chi connectivity index (χ3v) is 4.11. The van der Waals surface area contributed by atoms with E-state index in [0.717, 1.165) is 10.7 Å². The second kappa shape index (κ2) is 5.54. The Hall–Kier alpha value is -1.66. The SMILES string of the molecule is O=S(=O)(N=Cc1cc(Br)ccc1O)c1ccccc1. The summed E-state index contributed by atoms with van der Waals surface area (Å²) in [4.78, 5) is 0.112. The van der Waals surface area contributed by atoms with Gasteiger partial charge in [0.2, 0.25) is 0 Å². The molecule has 98 valence electrons. The monoisotopic (exact) mass is 339 g/mol. The molecule has 0 fully saturated rings. The molecule has 2 aromatic carbocycles. The van der Waals surface area contributed by atoms with Gasteiger partial charge in [0.1, 0.15) is 5.75 Å². The van der Waals surface area contributed by atoms with Crippen molar-refractivity contribution in [1.82, 2.24) is 0 Å². The van der Waals surface area contributed by atoms with Gasteiger partial charge in [-0.15, -0.1) is 0 Å². The van der Waals surface area contributed by atoms with Crippen molar-refractivity contribution >= 4 is 32.2 Å². The summed E-state index contributed by atoms with van der Waals surface area (Å²) in [6, 6.07) is 12.6. The standard InChI is InChI=1S/C13H10BrNO3S/c14-11-6-7-13(16)10(8-11)9-15-19(17,18)12-4-2-1-3-5-12/h1-9,16H. The van der Waals surface area contributed by atoms with E-state index >= 15 is 0 Å². The molecule has 19 heavy (non-hydrogen) atoms. The Morgan fingerprint density at radius 2 is 1.79 bits per heavy atom. The van der Waals surface area contributed by atoms with Crippen molar-refractivity contribution in [1.29, 1.82) is 0 Å². The maximum Gasteiger partial charge on any atom is 0.282 e. The van der Waals surface area contributed by atoms with E-state index in [1.165, 1.54) is 18.2 Å². The van der Waals surface area contributed by atoms with E-state index in [-0.39, 0.29) is 10.6 Å². The molecule has 0 spiro atoms. The molecule has 4 nitrogen and oxygen atoms in total. The van der Waals surface area contributed by atoms with Crippen LogP contribution in [0.1, 0.15) is 5.56 Å². The fourth-order valence-electron chi connectivity index (χ4n) is 1.41. The number of phenolic OH excluding ortho intramolecular Hbond substituents is 1. The molecule has 0 amide bonds. The van der Waals surface area contributed by atoms with Crippen LogP contribution in [-0.4, -0.2) is 19.7 Å². The van der Waals surface area contributed by atoms with E-state index in [4.69, 9.17) is 0 Å². The summed E-state index contributed by atoms with van der Waals surface area (Å²) in [5, 5.41) is 9.60. The zero-order valence-corrected chi connectivity index (χ0v) is 12.1. The van der Waals surface area contributed by atoms with E-state index in [1.54, 1.807) is 30.3 Å². The predicted molar refractivity (Wildman–Crippen MR) is 77.0 cm³/mol. The predicted octanol–water partition coefficient (Wildman–Crippen LogP) is 2.96. The molecular formula is C13H10BrNO3S. The Morgan fingerprint density at radius 1 is 1.11 bits per heavy atom. The maximum atomic E-state index is 11.9. The fourth-order valence-corrected chi connectivity index (χ4v) is 2.66. The first-order valence-corrected chi connectivity index (χ1v) is 7.56. The van der Waals surface area contributed by atoms with Gasteiger partial charge in [0.05, 0.1) is 11.1 Å². The van der Waals surface area contributed by atoms with Gasteiger partial charge in [0.15, 0.2) is 0 Å². The first-order chi connectivity index (χ1) is 8.99. The average Bonchev–Trinajstić information content (AvgIpc) is 2.41. The molecule has 1 N–H and O–H groups in total. The summed E-state index contributed by atoms with van der Waals surface area (Å²) < 4.78 is 28.1. The number of rotatable bonds is 3. The topological polar surface area (TPSA) is 66.7 Å². The Morgan fingerprint density at radius 3 is 2.47 bits per heavy atom. The maximum absolute atomic E-state index is 11.9. The fraction of sp³-hybridized carbons (Fsp3) is 0. The first-order valence-electron chi connectivity index (χ1n) is 5.33. The van der Waals surface area contributed by atoms with E-state index in [0.29, 0.717) is 5.56 Å². The highest BCUT2D eigenvalue weighted by molar-refractivity contribution is 9.10. The Kier molecular flexibility index (Phi) is 4.01. The minimum Gasteiger partial charge on any atom is -0.507 e. The number of hydrogen-bond donors (Lipinski definition) is 1. The number of nitrogens with zero attached hydrogens (tertiary/aromatic N) is 1. The number of benzene rings is 2. The molecule has 2 rings (SSSR count). The lowest BCUT2D eigenvalue weighted by Gasteiger charge is -2.00. The van der Waals surface area contributed by atoms with Crippen molar-refractivity contribution in [2.24, 2.45) is 4.40 Å². The van der Waals surface area contributed by atoms with Gasteiger partial charge < -0.3 is 5.11 Å². The summed E-state index contributed by atoms with van der Waals surface area (Å²) in [7, 11) is -3.75. The number of phenols is 1. The molecule has 0 aliphatic heterocycles. The summed E-state index contributed by atoms with van der Waals surface area (Å²) in [6.07, 6.45) is 1.13. The van der Waals surface area contributed by atoms with Crippen molar-refractivity contribution in [2.45, 2.75) is 4.90 Å². The van der Waals surface area contributed by atoms with Crippen LogP contribution in [0.5, 0.6) is 5.75 Å². The molecule has 0 aliphatic rings. The Labute approximate surface area is 119 Å². The van der Waals surface area contributed by atoms with Crippen LogP contribution in [0.3, 0.4) is 0 Å². The molecule has 6 heteroatoms. The molecule has 0 aliphatic carbocycles. The second-order valence-electron chi connectivity index (χ2n) is 3.73. The molecule has 2 aromatic rings. The Bertz CT molecular complexity index is 712. The number of sulfonamides is 1. The number of halogens is 1. The normalized spacial score (nSPS) is 11.8. The average molecular weight is 340 g/mol. The lowest BCUT2D eigenvalue weighted by molar-refractivity contribution is 0.474. The van der Waals surface area contributed by atoms with Crippen LogP contribution in [-0.2, 0) is 10.0 Å². The van der Waals surface area contributed by atoms with Crippen molar-refractivity contribution in [3.63, 3.8) is 0 Å². The molecule has 0 atom stereocenters. The van der Waals surface area contributed by atoms with Crippen LogP contribution in [0.4, 0.5) is 0 Å². The van der Waals surface area contributed by atoms with Gasteiger partial charge in [-0.2, -0.15) is 12.8 Å². The van der Waals surface area contributed by atoms with Crippen LogP contribution in [0.2, 0.25) is 0 Å². The third-order valence-electron chi connectivity index (χ3n) is 2.36. The number of hydrogen-bond acceptors (Lipinski definition) is 3. The van der Waals surface area contributed by atoms with Gasteiger partial charge >= 0.3 is 0 Å². The second-order valence-corrected chi connectivity index (χ2v) is 6.27. The van der Waals surface area contributed by atoms with Gasteiger partial charge in [0, 0.05) is 10.0 Å². The molecule has 0 aromatic heterocycles. The Balaban J connectivity index is 2.35. The lowest BCUT2D eigenvalue weighted by atomic mass is 10.2. The summed E-state index contributed by atoms with van der Waals surface area (Å²) in [6.45, 7) is 0. The summed E-state index contributed by atoms with van der Waals surface area (Å²) in [5.74, 6) is -0.0322. The third kappa shape index (κ3) is 3.42. The van der Waals surface area contributed by atoms with Crippen molar-refractivity contribution in [3.05, 3.63) is 58.6 Å². The van der Waals surface area contributed by atoms with Crippen LogP contribution in [0, 0.1) is 0 Å². The van der Waals surface area contributed by atoms with E-state index in [9.17, 15) is 13.5 Å². The highest BCUT2D eigenvalue weighted by atomic mass is 79.9. The van der Waals surface area contributed by atoms with Gasteiger partial charge in [-0.3, -0.25) is 0 Å². The smallest absolute Gasteiger partial charge is 0.282 e. The van der Waals surface area contributed by atoms with Crippen LogP contribution in [0.15, 0.2) is 62.3 Å². The lowest BCUT2D eigenvalue weighted by Crippen LogP contribution is -1.97. The van der Waals surface area contributed by atoms with Crippen LogP contribution in [0.25, 0.3) is 0 Å². The van der Waals surface area contributed by atoms with Gasteiger partial charge in [0.25, 0.3) is 10.0 Å². The van der Waals surface area contributed by atoms with Crippen molar-refractivity contribution in [3.8, 4) is 5.75 Å². The highest BCUT2D eigenvalue weighted by Crippen LogP contribution is 2.21. The quantitative estimate of drug-likeness (QED) is 0.874. The van der Waals surface area contributed by atoms with Crippen LogP contribution < -0.4 is 0 Å². The summed E-state index contributed by atoms with van der Waals surface area (Å²) in [5.41, 5.74) is 0.328. The van der Waals surface area contributed by atoms with E-state index in [1.807, 2.05) is 0 Å². The molecular weight excluding hydrogens is 330 g/mol. The van der Waals surface area contributed by atoms with Crippen molar-refractivity contribution < 1.29 is 13.5 Å². The van der Waals surface area contributed by atoms with E-state index in [2.05, 4.69) is 20.3 Å². The first kappa shape index (κ1) is 13.8. The molecule has 0 radical (unpaired) electrons. The molecule has 0 heterocycles. The molecule has 0 unspecified atom stereocenters. The highest BCUT2D eigenvalue weighted by Gasteiger charge is 2.10. The minimum atomic E-state index is -3.75. The largest absolute Gasteiger partial charge is 0.507 e. The molecule has 0 saturated carbocycles. The molecule has 0 bridgehead atoms. The van der Waals surface area contributed by atoms with E-state index < -0.39 is 10.0 Å². The summed E-state index contributed by atoms with van der Waals surface area (Å²) >= 11 is 3.24. The van der Waals surface area contributed by atoms with Crippen LogP contribution >= 0.6 is 15.9 Å². The van der Waals surface area contributed by atoms with Gasteiger partial charge in [-0.1, -0.05) is 34.1 Å².